The van der Waals surface area contributed by atoms with E-state index in [0.717, 1.165) is 5.56 Å². The number of nitrogens with one attached hydrogen (secondary N) is 1. The SMILES string of the molecule is CSc1sc(C)cc1C=NNC(=O)c1ccccc1Cl. The van der Waals surface area contributed by atoms with Gasteiger partial charge >= 0.3 is 0 Å². The molecule has 0 aliphatic heterocycles. The lowest BCUT2D eigenvalue weighted by Gasteiger charge is -2.01. The highest BCUT2D eigenvalue weighted by molar-refractivity contribution is 8.00. The number of benzene rings is 1. The van der Waals surface area contributed by atoms with E-state index in [9.17, 15) is 4.79 Å². The summed E-state index contributed by atoms with van der Waals surface area (Å²) in [6, 6.07) is 8.92. The third-order valence-corrected chi connectivity index (χ3v) is 5.07. The van der Waals surface area contributed by atoms with Gasteiger partial charge in [-0.1, -0.05) is 23.7 Å². The molecular formula is C14H13ClN2OS2. The molecule has 0 bridgehead atoms. The maximum Gasteiger partial charge on any atom is 0.272 e. The maximum absolute atomic E-state index is 11.9. The van der Waals surface area contributed by atoms with Crippen LogP contribution in [0.15, 0.2) is 39.6 Å². The van der Waals surface area contributed by atoms with Crippen LogP contribution in [0, 0.1) is 6.92 Å². The normalized spacial score (nSPS) is 10.9. The lowest BCUT2D eigenvalue weighted by atomic mass is 10.2. The van der Waals surface area contributed by atoms with Crippen molar-refractivity contribution in [2.45, 2.75) is 11.1 Å². The monoisotopic (exact) mass is 324 g/mol. The minimum Gasteiger partial charge on any atom is -0.267 e. The Balaban J connectivity index is 2.06. The molecule has 1 aromatic heterocycles. The summed E-state index contributed by atoms with van der Waals surface area (Å²) >= 11 is 9.33. The van der Waals surface area contributed by atoms with E-state index in [0.29, 0.717) is 10.6 Å². The molecule has 0 atom stereocenters. The summed E-state index contributed by atoms with van der Waals surface area (Å²) in [5.41, 5.74) is 3.92. The van der Waals surface area contributed by atoms with Gasteiger partial charge in [0.1, 0.15) is 0 Å². The zero-order valence-corrected chi connectivity index (χ0v) is 13.4. The first-order valence-corrected chi connectivity index (χ1v) is 8.26. The molecule has 2 rings (SSSR count). The highest BCUT2D eigenvalue weighted by Gasteiger charge is 2.08. The van der Waals surface area contributed by atoms with Gasteiger partial charge in [-0.2, -0.15) is 5.10 Å². The molecule has 0 unspecified atom stereocenters. The maximum atomic E-state index is 11.9. The number of carbonyl (C=O) groups excluding carboxylic acids is 1. The van der Waals surface area contributed by atoms with Gasteiger partial charge in [-0.3, -0.25) is 4.79 Å². The minimum atomic E-state index is -0.315. The van der Waals surface area contributed by atoms with Gasteiger partial charge in [0.15, 0.2) is 0 Å². The predicted molar refractivity (Wildman–Crippen MR) is 87.3 cm³/mol. The Hall–Kier alpha value is -1.30. The van der Waals surface area contributed by atoms with Crippen LogP contribution in [0.3, 0.4) is 0 Å². The Morgan fingerprint density at radius 3 is 2.90 bits per heavy atom. The fourth-order valence-electron chi connectivity index (χ4n) is 1.63. The van der Waals surface area contributed by atoms with E-state index in [1.54, 1.807) is 53.6 Å². The first kappa shape index (κ1) is 15.1. The second-order valence-electron chi connectivity index (χ2n) is 3.98. The molecule has 0 saturated carbocycles. The van der Waals surface area contributed by atoms with Gasteiger partial charge in [-0.15, -0.1) is 23.1 Å². The van der Waals surface area contributed by atoms with E-state index in [4.69, 9.17) is 11.6 Å². The van der Waals surface area contributed by atoms with Crippen molar-refractivity contribution in [2.24, 2.45) is 5.10 Å². The van der Waals surface area contributed by atoms with Crippen molar-refractivity contribution in [3.05, 3.63) is 51.4 Å². The third-order valence-electron chi connectivity index (χ3n) is 2.52. The molecule has 0 radical (unpaired) electrons. The topological polar surface area (TPSA) is 41.5 Å². The number of nitrogens with zero attached hydrogens (tertiary/aromatic N) is 1. The standard InChI is InChI=1S/C14H13ClN2OS2/c1-9-7-10(14(19-2)20-9)8-16-17-13(18)11-5-3-4-6-12(11)15/h3-8H,1-2H3,(H,17,18). The van der Waals surface area contributed by atoms with E-state index in [-0.39, 0.29) is 5.91 Å². The summed E-state index contributed by atoms with van der Waals surface area (Å²) in [4.78, 5) is 13.1. The van der Waals surface area contributed by atoms with E-state index in [2.05, 4.69) is 10.5 Å². The molecular weight excluding hydrogens is 312 g/mol. The second-order valence-corrected chi connectivity index (χ2v) is 6.72. The van der Waals surface area contributed by atoms with Gasteiger partial charge in [0.25, 0.3) is 5.91 Å². The second kappa shape index (κ2) is 6.92. The summed E-state index contributed by atoms with van der Waals surface area (Å²) in [5.74, 6) is -0.315. The molecule has 3 nitrogen and oxygen atoms in total. The highest BCUT2D eigenvalue weighted by atomic mass is 35.5. The van der Waals surface area contributed by atoms with Crippen LogP contribution in [-0.4, -0.2) is 18.4 Å². The number of hydrogen-bond donors (Lipinski definition) is 1. The smallest absolute Gasteiger partial charge is 0.267 e. The predicted octanol–water partition coefficient (Wildman–Crippen LogP) is 4.20. The Morgan fingerprint density at radius 2 is 2.20 bits per heavy atom. The van der Waals surface area contributed by atoms with Crippen molar-refractivity contribution in [3.8, 4) is 0 Å². The van der Waals surface area contributed by atoms with Crippen LogP contribution in [0.4, 0.5) is 0 Å². The van der Waals surface area contributed by atoms with Gasteiger partial charge in [0.05, 0.1) is 21.0 Å². The summed E-state index contributed by atoms with van der Waals surface area (Å²) < 4.78 is 1.18. The molecule has 1 N–H and O–H groups in total. The van der Waals surface area contributed by atoms with Crippen LogP contribution >= 0.6 is 34.7 Å². The molecule has 0 fully saturated rings. The largest absolute Gasteiger partial charge is 0.272 e. The van der Waals surface area contributed by atoms with E-state index in [1.807, 2.05) is 19.2 Å². The Morgan fingerprint density at radius 1 is 1.45 bits per heavy atom. The minimum absolute atomic E-state index is 0.315. The van der Waals surface area contributed by atoms with Gasteiger partial charge in [-0.25, -0.2) is 5.43 Å². The molecule has 20 heavy (non-hydrogen) atoms. The number of hydrogen-bond acceptors (Lipinski definition) is 4. The number of aryl methyl sites for hydroxylation is 1. The average molecular weight is 325 g/mol. The first-order valence-electron chi connectivity index (χ1n) is 5.84. The van der Waals surface area contributed by atoms with Crippen molar-refractivity contribution in [1.82, 2.24) is 5.43 Å². The fourth-order valence-corrected chi connectivity index (χ4v) is 3.63. The summed E-state index contributed by atoms with van der Waals surface area (Å²) in [6.45, 7) is 2.05. The molecule has 104 valence electrons. The zero-order chi connectivity index (χ0) is 14.5. The number of amides is 1. The van der Waals surface area contributed by atoms with Crippen LogP contribution in [0.25, 0.3) is 0 Å². The van der Waals surface area contributed by atoms with Crippen LogP contribution < -0.4 is 5.43 Å². The first-order chi connectivity index (χ1) is 9.61. The van der Waals surface area contributed by atoms with Gasteiger partial charge < -0.3 is 0 Å². The summed E-state index contributed by atoms with van der Waals surface area (Å²) in [5, 5.41) is 4.40. The highest BCUT2D eigenvalue weighted by Crippen LogP contribution is 2.28. The van der Waals surface area contributed by atoms with Crippen molar-refractivity contribution in [3.63, 3.8) is 0 Å². The third kappa shape index (κ3) is 3.62. The average Bonchev–Trinajstić information content (AvgIpc) is 2.79. The van der Waals surface area contributed by atoms with Crippen molar-refractivity contribution in [1.29, 1.82) is 0 Å². The number of halogens is 1. The lowest BCUT2D eigenvalue weighted by molar-refractivity contribution is 0.0955. The van der Waals surface area contributed by atoms with Gasteiger partial charge in [0, 0.05) is 10.4 Å². The molecule has 0 saturated heterocycles. The molecule has 2 aromatic rings. The molecule has 1 aromatic carbocycles. The Kier molecular flexibility index (Phi) is 5.23. The number of hydrazone groups is 1. The molecule has 6 heteroatoms. The van der Waals surface area contributed by atoms with Crippen LogP contribution in [0.1, 0.15) is 20.8 Å². The van der Waals surface area contributed by atoms with Crippen LogP contribution in [0.5, 0.6) is 0 Å². The Bertz CT molecular complexity index is 652. The molecule has 0 spiro atoms. The van der Waals surface area contributed by atoms with Crippen molar-refractivity contribution in [2.75, 3.05) is 6.26 Å². The van der Waals surface area contributed by atoms with Crippen molar-refractivity contribution >= 4 is 46.8 Å². The number of rotatable bonds is 4. The quantitative estimate of drug-likeness (QED) is 0.520. The van der Waals surface area contributed by atoms with Gasteiger partial charge in [-0.05, 0) is 31.4 Å². The van der Waals surface area contributed by atoms with E-state index in [1.165, 1.54) is 9.09 Å². The number of thioether (sulfide) groups is 1. The van der Waals surface area contributed by atoms with E-state index >= 15 is 0 Å². The number of thiophene rings is 1. The fraction of sp³-hybridized carbons (Fsp3) is 0.143. The molecule has 0 aliphatic rings. The molecule has 1 heterocycles. The number of carbonyl (C=O) groups is 1. The summed E-state index contributed by atoms with van der Waals surface area (Å²) in [6.07, 6.45) is 3.68. The van der Waals surface area contributed by atoms with Crippen molar-refractivity contribution < 1.29 is 4.79 Å². The van der Waals surface area contributed by atoms with Gasteiger partial charge in [0.2, 0.25) is 0 Å². The summed E-state index contributed by atoms with van der Waals surface area (Å²) in [7, 11) is 0. The lowest BCUT2D eigenvalue weighted by Crippen LogP contribution is -2.17. The Labute approximate surface area is 131 Å². The molecule has 1 amide bonds. The van der Waals surface area contributed by atoms with E-state index < -0.39 is 0 Å². The molecule has 0 aliphatic carbocycles. The van der Waals surface area contributed by atoms with Crippen LogP contribution in [-0.2, 0) is 0 Å². The zero-order valence-electron chi connectivity index (χ0n) is 11.0. The van der Waals surface area contributed by atoms with Crippen LogP contribution in [0.2, 0.25) is 5.02 Å².